The summed E-state index contributed by atoms with van der Waals surface area (Å²) in [5, 5.41) is 3.39. The minimum Gasteiger partial charge on any atom is -0.317 e. The average Bonchev–Trinajstić information content (AvgIpc) is 2.22. The first-order chi connectivity index (χ1) is 6.83. The standard InChI is InChI=1S/C8H19N.C3H6.CH2O/c1-3-5-7-9-8-6-4-2;1-3-2;1-2/h9H,3-8H2,1-2H3;3H,1H2,2H3;1H2. The highest BCUT2D eigenvalue weighted by molar-refractivity contribution is 5.10. The Kier molecular flexibility index (Phi) is 40.0. The van der Waals surface area contributed by atoms with Crippen molar-refractivity contribution in [2.45, 2.75) is 46.5 Å². The van der Waals surface area contributed by atoms with Gasteiger partial charge in [0, 0.05) is 0 Å². The van der Waals surface area contributed by atoms with Gasteiger partial charge in [0.15, 0.2) is 0 Å². The number of rotatable bonds is 6. The van der Waals surface area contributed by atoms with Crippen LogP contribution in [0.15, 0.2) is 12.7 Å². The van der Waals surface area contributed by atoms with Gasteiger partial charge in [-0.25, -0.2) is 0 Å². The van der Waals surface area contributed by atoms with E-state index in [4.69, 9.17) is 4.79 Å². The third-order valence-corrected chi connectivity index (χ3v) is 1.41. The molecule has 0 atom stereocenters. The Hall–Kier alpha value is -0.630. The molecular formula is C12H27NO. The molecule has 0 saturated heterocycles. The van der Waals surface area contributed by atoms with E-state index in [0.717, 1.165) is 0 Å². The molecule has 0 aliphatic carbocycles. The topological polar surface area (TPSA) is 29.1 Å². The molecule has 0 spiro atoms. The first kappa shape index (κ1) is 19.0. The molecule has 0 aliphatic heterocycles. The maximum Gasteiger partial charge on any atom is 0.106 e. The molecule has 0 amide bonds. The second-order valence-electron chi connectivity index (χ2n) is 2.87. The van der Waals surface area contributed by atoms with E-state index in [2.05, 4.69) is 25.7 Å². The highest BCUT2D eigenvalue weighted by Crippen LogP contribution is 1.85. The molecule has 0 aromatic heterocycles. The van der Waals surface area contributed by atoms with Crippen LogP contribution >= 0.6 is 0 Å². The molecule has 0 heterocycles. The van der Waals surface area contributed by atoms with Crippen LogP contribution in [0.1, 0.15) is 46.5 Å². The highest BCUT2D eigenvalue weighted by atomic mass is 16.1. The maximum absolute atomic E-state index is 8.00. The monoisotopic (exact) mass is 201 g/mol. The lowest BCUT2D eigenvalue weighted by Gasteiger charge is -1.99. The van der Waals surface area contributed by atoms with E-state index in [-0.39, 0.29) is 0 Å². The van der Waals surface area contributed by atoms with Gasteiger partial charge in [0.2, 0.25) is 0 Å². The number of unbranched alkanes of at least 4 members (excludes halogenated alkanes) is 2. The fourth-order valence-electron chi connectivity index (χ4n) is 0.729. The quantitative estimate of drug-likeness (QED) is 0.528. The summed E-state index contributed by atoms with van der Waals surface area (Å²) >= 11 is 0. The fraction of sp³-hybridized carbons (Fsp3) is 0.750. The molecule has 0 rings (SSSR count). The molecule has 1 N–H and O–H groups in total. The molecule has 0 fully saturated rings. The van der Waals surface area contributed by atoms with Crippen molar-refractivity contribution in [1.29, 1.82) is 0 Å². The van der Waals surface area contributed by atoms with Gasteiger partial charge < -0.3 is 10.1 Å². The Morgan fingerprint density at radius 3 is 1.57 bits per heavy atom. The van der Waals surface area contributed by atoms with E-state index < -0.39 is 0 Å². The maximum atomic E-state index is 8.00. The van der Waals surface area contributed by atoms with Gasteiger partial charge in [0.05, 0.1) is 0 Å². The second-order valence-corrected chi connectivity index (χ2v) is 2.87. The minimum atomic E-state index is 1.20. The van der Waals surface area contributed by atoms with Gasteiger partial charge in [-0.2, -0.15) is 0 Å². The minimum absolute atomic E-state index is 1.20. The van der Waals surface area contributed by atoms with E-state index >= 15 is 0 Å². The number of hydrogen-bond acceptors (Lipinski definition) is 2. The molecule has 0 aromatic carbocycles. The van der Waals surface area contributed by atoms with Crippen molar-refractivity contribution in [1.82, 2.24) is 5.32 Å². The van der Waals surface area contributed by atoms with Crippen LogP contribution in [-0.2, 0) is 4.79 Å². The average molecular weight is 201 g/mol. The molecule has 0 aliphatic rings. The van der Waals surface area contributed by atoms with Gasteiger partial charge in [-0.15, -0.1) is 6.58 Å². The number of carbonyl (C=O) groups excluding carboxylic acids is 1. The molecule has 14 heavy (non-hydrogen) atoms. The Morgan fingerprint density at radius 2 is 1.36 bits per heavy atom. The van der Waals surface area contributed by atoms with Crippen molar-refractivity contribution in [3.63, 3.8) is 0 Å². The predicted molar refractivity (Wildman–Crippen MR) is 65.7 cm³/mol. The van der Waals surface area contributed by atoms with E-state index in [1.807, 2.05) is 13.7 Å². The van der Waals surface area contributed by atoms with Crippen LogP contribution in [0.4, 0.5) is 0 Å². The van der Waals surface area contributed by atoms with Crippen LogP contribution < -0.4 is 5.32 Å². The van der Waals surface area contributed by atoms with Crippen molar-refractivity contribution in [3.8, 4) is 0 Å². The van der Waals surface area contributed by atoms with Crippen molar-refractivity contribution in [3.05, 3.63) is 12.7 Å². The second kappa shape index (κ2) is 29.4. The lowest BCUT2D eigenvalue weighted by atomic mass is 10.3. The van der Waals surface area contributed by atoms with Gasteiger partial charge in [0.1, 0.15) is 6.79 Å². The van der Waals surface area contributed by atoms with E-state index in [9.17, 15) is 0 Å². The molecular weight excluding hydrogens is 174 g/mol. The summed E-state index contributed by atoms with van der Waals surface area (Å²) in [6.45, 7) is 14.1. The van der Waals surface area contributed by atoms with Crippen LogP contribution in [0.3, 0.4) is 0 Å². The number of hydrogen-bond donors (Lipinski definition) is 1. The summed E-state index contributed by atoms with van der Waals surface area (Å²) in [6, 6.07) is 0. The molecule has 86 valence electrons. The Balaban J connectivity index is -0.000000205. The summed E-state index contributed by atoms with van der Waals surface area (Å²) < 4.78 is 0. The van der Waals surface area contributed by atoms with Crippen molar-refractivity contribution < 1.29 is 4.79 Å². The molecule has 2 heteroatoms. The Morgan fingerprint density at radius 1 is 1.07 bits per heavy atom. The fourth-order valence-corrected chi connectivity index (χ4v) is 0.729. The molecule has 0 aromatic rings. The highest BCUT2D eigenvalue weighted by Gasteiger charge is 1.83. The summed E-state index contributed by atoms with van der Waals surface area (Å²) in [7, 11) is 0. The first-order valence-corrected chi connectivity index (χ1v) is 5.40. The number of allylic oxidation sites excluding steroid dienone is 1. The largest absolute Gasteiger partial charge is 0.317 e. The molecule has 0 unspecified atom stereocenters. The summed E-state index contributed by atoms with van der Waals surface area (Å²) in [4.78, 5) is 8.00. The van der Waals surface area contributed by atoms with Crippen LogP contribution in [0.5, 0.6) is 0 Å². The molecule has 0 radical (unpaired) electrons. The third kappa shape index (κ3) is 42.4. The zero-order valence-corrected chi connectivity index (χ0v) is 10.1. The summed E-state index contributed by atoms with van der Waals surface area (Å²) in [5.74, 6) is 0. The zero-order chi connectivity index (χ0) is 11.7. The third-order valence-electron chi connectivity index (χ3n) is 1.41. The van der Waals surface area contributed by atoms with Gasteiger partial charge in [-0.3, -0.25) is 0 Å². The van der Waals surface area contributed by atoms with Gasteiger partial charge >= 0.3 is 0 Å². The number of nitrogens with one attached hydrogen (secondary N) is 1. The van der Waals surface area contributed by atoms with E-state index in [1.54, 1.807) is 6.08 Å². The molecule has 0 saturated carbocycles. The van der Waals surface area contributed by atoms with E-state index in [1.165, 1.54) is 38.8 Å². The van der Waals surface area contributed by atoms with Crippen LogP contribution in [0.25, 0.3) is 0 Å². The van der Waals surface area contributed by atoms with Gasteiger partial charge in [-0.1, -0.05) is 32.8 Å². The normalized spacial score (nSPS) is 7.64. The molecule has 0 bridgehead atoms. The van der Waals surface area contributed by atoms with Gasteiger partial charge in [0.25, 0.3) is 0 Å². The Bertz CT molecular complexity index is 78.4. The van der Waals surface area contributed by atoms with Crippen molar-refractivity contribution in [2.24, 2.45) is 0 Å². The predicted octanol–water partition coefficient (Wildman–Crippen LogP) is 3.18. The summed E-state index contributed by atoms with van der Waals surface area (Å²) in [5.41, 5.74) is 0. The van der Waals surface area contributed by atoms with E-state index in [0.29, 0.717) is 0 Å². The zero-order valence-electron chi connectivity index (χ0n) is 10.1. The SMILES string of the molecule is C=CC.C=O.CCCCNCCCC. The van der Waals surface area contributed by atoms with Crippen LogP contribution in [0, 0.1) is 0 Å². The van der Waals surface area contributed by atoms with Crippen LogP contribution in [0.2, 0.25) is 0 Å². The first-order valence-electron chi connectivity index (χ1n) is 5.40. The lowest BCUT2D eigenvalue weighted by molar-refractivity contribution is -0.0979. The summed E-state index contributed by atoms with van der Waals surface area (Å²) in [6.07, 6.45) is 7.01. The van der Waals surface area contributed by atoms with Crippen molar-refractivity contribution in [2.75, 3.05) is 13.1 Å². The number of carbonyl (C=O) groups is 1. The lowest BCUT2D eigenvalue weighted by Crippen LogP contribution is -2.15. The Labute approximate surface area is 89.8 Å². The van der Waals surface area contributed by atoms with Crippen molar-refractivity contribution >= 4 is 6.79 Å². The van der Waals surface area contributed by atoms with Crippen LogP contribution in [-0.4, -0.2) is 19.9 Å². The van der Waals surface area contributed by atoms with Gasteiger partial charge in [-0.05, 0) is 32.9 Å². The molecule has 2 nitrogen and oxygen atoms in total. The smallest absolute Gasteiger partial charge is 0.106 e.